The van der Waals surface area contributed by atoms with Crippen LogP contribution in [0.1, 0.15) is 17.5 Å². The first kappa shape index (κ1) is 20.9. The number of aryl methyl sites for hydroxylation is 2. The minimum Gasteiger partial charge on any atom is -0.492 e. The second-order valence-corrected chi connectivity index (χ2v) is 8.13. The Hall–Kier alpha value is -2.38. The van der Waals surface area contributed by atoms with Gasteiger partial charge in [0.1, 0.15) is 12.4 Å². The summed E-state index contributed by atoms with van der Waals surface area (Å²) in [7, 11) is -1.96. The molecular formula is C20H26N2O4S. The number of rotatable bonds is 9. The van der Waals surface area contributed by atoms with E-state index in [0.717, 1.165) is 11.3 Å². The van der Waals surface area contributed by atoms with Gasteiger partial charge in [-0.15, -0.1) is 0 Å². The van der Waals surface area contributed by atoms with Crippen molar-refractivity contribution in [2.45, 2.75) is 25.2 Å². The Kier molecular flexibility index (Phi) is 7.38. The van der Waals surface area contributed by atoms with Crippen LogP contribution < -0.4 is 9.46 Å². The molecule has 0 aliphatic carbocycles. The molecule has 0 saturated carbocycles. The van der Waals surface area contributed by atoms with E-state index in [0.29, 0.717) is 18.7 Å². The number of para-hydroxylation sites is 1. The molecule has 0 atom stereocenters. The summed E-state index contributed by atoms with van der Waals surface area (Å²) >= 11 is 0. The summed E-state index contributed by atoms with van der Waals surface area (Å²) < 4.78 is 32.9. The molecule has 0 aromatic heterocycles. The van der Waals surface area contributed by atoms with Crippen LogP contribution in [0.25, 0.3) is 0 Å². The number of sulfonamides is 1. The molecule has 1 amide bonds. The van der Waals surface area contributed by atoms with Gasteiger partial charge in [-0.25, -0.2) is 13.1 Å². The number of carbonyl (C=O) groups excluding carboxylic acids is 1. The van der Waals surface area contributed by atoms with E-state index >= 15 is 0 Å². The van der Waals surface area contributed by atoms with Crippen LogP contribution in [0.3, 0.4) is 0 Å². The van der Waals surface area contributed by atoms with E-state index in [9.17, 15) is 13.2 Å². The Morgan fingerprint density at radius 3 is 2.52 bits per heavy atom. The number of ether oxygens (including phenoxy) is 1. The number of likely N-dealkylation sites (N-methyl/N-ethyl adjacent to an activating group) is 1. The molecular weight excluding hydrogens is 364 g/mol. The third kappa shape index (κ3) is 6.37. The largest absolute Gasteiger partial charge is 0.492 e. The minimum atomic E-state index is -3.63. The molecule has 2 aromatic carbocycles. The lowest BCUT2D eigenvalue weighted by Crippen LogP contribution is -2.34. The molecule has 0 aliphatic rings. The van der Waals surface area contributed by atoms with E-state index in [2.05, 4.69) is 4.72 Å². The third-order valence-corrected chi connectivity index (χ3v) is 5.73. The van der Waals surface area contributed by atoms with Crippen LogP contribution in [-0.2, 0) is 14.8 Å². The summed E-state index contributed by atoms with van der Waals surface area (Å²) in [6.45, 7) is 4.45. The van der Waals surface area contributed by atoms with Crippen molar-refractivity contribution in [1.29, 1.82) is 0 Å². The van der Waals surface area contributed by atoms with Crippen LogP contribution >= 0.6 is 0 Å². The minimum absolute atomic E-state index is 0.0540. The zero-order chi connectivity index (χ0) is 19.9. The van der Waals surface area contributed by atoms with E-state index < -0.39 is 10.0 Å². The Morgan fingerprint density at radius 2 is 1.81 bits per heavy atom. The quantitative estimate of drug-likeness (QED) is 0.714. The van der Waals surface area contributed by atoms with Gasteiger partial charge in [-0.1, -0.05) is 30.3 Å². The van der Waals surface area contributed by atoms with Crippen LogP contribution in [0, 0.1) is 13.8 Å². The SMILES string of the molecule is Cc1ccc(C)c(S(=O)(=O)NCCC(=O)N(C)CCOc2ccccc2)c1. The average Bonchev–Trinajstić information content (AvgIpc) is 2.64. The fourth-order valence-corrected chi connectivity index (χ4v) is 3.86. The molecule has 0 aliphatic heterocycles. The van der Waals surface area contributed by atoms with Gasteiger partial charge in [0.2, 0.25) is 15.9 Å². The highest BCUT2D eigenvalue weighted by molar-refractivity contribution is 7.89. The molecule has 0 unspecified atom stereocenters. The summed E-state index contributed by atoms with van der Waals surface area (Å²) in [6.07, 6.45) is 0.0892. The summed E-state index contributed by atoms with van der Waals surface area (Å²) in [5, 5.41) is 0. The zero-order valence-electron chi connectivity index (χ0n) is 15.9. The van der Waals surface area contributed by atoms with Gasteiger partial charge in [-0.2, -0.15) is 0 Å². The van der Waals surface area contributed by atoms with Crippen LogP contribution in [0.2, 0.25) is 0 Å². The molecule has 7 heteroatoms. The molecule has 0 spiro atoms. The van der Waals surface area contributed by atoms with Gasteiger partial charge in [0.25, 0.3) is 0 Å². The molecule has 0 fully saturated rings. The van der Waals surface area contributed by atoms with Gasteiger partial charge < -0.3 is 9.64 Å². The zero-order valence-corrected chi connectivity index (χ0v) is 16.8. The maximum Gasteiger partial charge on any atom is 0.240 e. The number of nitrogens with zero attached hydrogens (tertiary/aromatic N) is 1. The van der Waals surface area contributed by atoms with E-state index in [4.69, 9.17) is 4.74 Å². The first-order valence-corrected chi connectivity index (χ1v) is 10.3. The summed E-state index contributed by atoms with van der Waals surface area (Å²) in [6, 6.07) is 14.6. The maximum atomic E-state index is 12.4. The highest BCUT2D eigenvalue weighted by Gasteiger charge is 2.17. The number of nitrogens with one attached hydrogen (secondary N) is 1. The van der Waals surface area contributed by atoms with Crippen LogP contribution in [0.5, 0.6) is 5.75 Å². The molecule has 27 heavy (non-hydrogen) atoms. The van der Waals surface area contributed by atoms with Crippen molar-refractivity contribution in [1.82, 2.24) is 9.62 Å². The van der Waals surface area contributed by atoms with Crippen LogP contribution in [0.15, 0.2) is 53.4 Å². The van der Waals surface area contributed by atoms with Crippen molar-refractivity contribution in [2.24, 2.45) is 0 Å². The molecule has 1 N–H and O–H groups in total. The average molecular weight is 391 g/mol. The smallest absolute Gasteiger partial charge is 0.240 e. The van der Waals surface area contributed by atoms with Crippen molar-refractivity contribution in [3.63, 3.8) is 0 Å². The van der Waals surface area contributed by atoms with Crippen molar-refractivity contribution in [2.75, 3.05) is 26.7 Å². The highest BCUT2D eigenvalue weighted by atomic mass is 32.2. The van der Waals surface area contributed by atoms with Gasteiger partial charge in [0.15, 0.2) is 0 Å². The number of amides is 1. The normalized spacial score (nSPS) is 11.2. The Morgan fingerprint density at radius 1 is 1.11 bits per heavy atom. The van der Waals surface area contributed by atoms with E-state index in [1.54, 1.807) is 26.1 Å². The van der Waals surface area contributed by atoms with Gasteiger partial charge in [-0.05, 0) is 43.2 Å². The van der Waals surface area contributed by atoms with Gasteiger partial charge >= 0.3 is 0 Å². The van der Waals surface area contributed by atoms with E-state index in [1.807, 2.05) is 43.3 Å². The Labute approximate surface area is 161 Å². The standard InChI is InChI=1S/C20H26N2O4S/c1-16-9-10-17(2)19(15-16)27(24,25)21-12-11-20(23)22(3)13-14-26-18-7-5-4-6-8-18/h4-10,15,21H,11-14H2,1-3H3. The van der Waals surface area contributed by atoms with Crippen molar-refractivity contribution in [3.05, 3.63) is 59.7 Å². The number of hydrogen-bond acceptors (Lipinski definition) is 4. The molecule has 2 rings (SSSR count). The van der Waals surface area contributed by atoms with Gasteiger partial charge in [0, 0.05) is 20.0 Å². The first-order chi connectivity index (χ1) is 12.8. The summed E-state index contributed by atoms with van der Waals surface area (Å²) in [4.78, 5) is 14.0. The summed E-state index contributed by atoms with van der Waals surface area (Å²) in [5.74, 6) is 0.606. The fourth-order valence-electron chi connectivity index (χ4n) is 2.50. The van der Waals surface area contributed by atoms with Gasteiger partial charge in [-0.3, -0.25) is 4.79 Å². The molecule has 0 bridgehead atoms. The first-order valence-electron chi connectivity index (χ1n) is 8.78. The molecule has 2 aromatic rings. The fraction of sp³-hybridized carbons (Fsp3) is 0.350. The van der Waals surface area contributed by atoms with Crippen LogP contribution in [0.4, 0.5) is 0 Å². The lowest BCUT2D eigenvalue weighted by molar-refractivity contribution is -0.130. The number of hydrogen-bond donors (Lipinski definition) is 1. The number of benzene rings is 2. The van der Waals surface area contributed by atoms with Crippen molar-refractivity contribution >= 4 is 15.9 Å². The molecule has 0 heterocycles. The van der Waals surface area contributed by atoms with Crippen molar-refractivity contribution < 1.29 is 17.9 Å². The molecule has 0 radical (unpaired) electrons. The van der Waals surface area contributed by atoms with E-state index in [1.165, 1.54) is 4.90 Å². The summed E-state index contributed by atoms with van der Waals surface area (Å²) in [5.41, 5.74) is 1.55. The Balaban J connectivity index is 1.78. The topological polar surface area (TPSA) is 75.7 Å². The second-order valence-electron chi connectivity index (χ2n) is 6.39. The Bertz CT molecular complexity index is 867. The van der Waals surface area contributed by atoms with Gasteiger partial charge in [0.05, 0.1) is 11.4 Å². The predicted octanol–water partition coefficient (Wildman–Crippen LogP) is 2.51. The monoisotopic (exact) mass is 390 g/mol. The van der Waals surface area contributed by atoms with Crippen molar-refractivity contribution in [3.8, 4) is 5.75 Å². The second kappa shape index (κ2) is 9.53. The predicted molar refractivity (Wildman–Crippen MR) is 105 cm³/mol. The lowest BCUT2D eigenvalue weighted by atomic mass is 10.2. The maximum absolute atomic E-state index is 12.4. The molecule has 6 nitrogen and oxygen atoms in total. The molecule has 146 valence electrons. The highest BCUT2D eigenvalue weighted by Crippen LogP contribution is 2.16. The van der Waals surface area contributed by atoms with E-state index in [-0.39, 0.29) is 23.8 Å². The van der Waals surface area contributed by atoms with Crippen LogP contribution in [-0.4, -0.2) is 46.0 Å². The number of carbonyl (C=O) groups is 1. The lowest BCUT2D eigenvalue weighted by Gasteiger charge is -2.18. The third-order valence-electron chi connectivity index (χ3n) is 4.13. The molecule has 0 saturated heterocycles.